The van der Waals surface area contributed by atoms with Crippen molar-refractivity contribution in [2.24, 2.45) is 0 Å². The van der Waals surface area contributed by atoms with Gasteiger partial charge in [0.15, 0.2) is 0 Å². The Kier molecular flexibility index (Phi) is 4.61. The van der Waals surface area contributed by atoms with E-state index >= 15 is 0 Å². The first-order valence-corrected chi connectivity index (χ1v) is 9.88. The van der Waals surface area contributed by atoms with Crippen LogP contribution in [0, 0.1) is 6.92 Å². The summed E-state index contributed by atoms with van der Waals surface area (Å²) < 4.78 is 9.13. The highest BCUT2D eigenvalue weighted by Gasteiger charge is 2.14. The number of aromatic nitrogens is 4. The lowest BCUT2D eigenvalue weighted by Crippen LogP contribution is -2.35. The lowest BCUT2D eigenvalue weighted by molar-refractivity contribution is 0.0343. The number of hydrogen-bond acceptors (Lipinski definition) is 5. The highest BCUT2D eigenvalue weighted by atomic mass is 16.5. The fourth-order valence-electron chi connectivity index (χ4n) is 3.92. The zero-order chi connectivity index (χ0) is 19.8. The molecule has 0 aromatic carbocycles. The Balaban J connectivity index is 1.47. The number of imidazole rings is 1. The molecule has 1 saturated heterocycles. The molecule has 4 aromatic heterocycles. The number of fused-ring (bicyclic) bond motifs is 2. The molecule has 148 valence electrons. The van der Waals surface area contributed by atoms with Crippen molar-refractivity contribution in [3.05, 3.63) is 76.4 Å². The van der Waals surface area contributed by atoms with E-state index in [4.69, 9.17) is 4.74 Å². The van der Waals surface area contributed by atoms with E-state index in [0.717, 1.165) is 55.1 Å². The average Bonchev–Trinajstić information content (AvgIpc) is 3.13. The van der Waals surface area contributed by atoms with Crippen LogP contribution in [0.3, 0.4) is 0 Å². The van der Waals surface area contributed by atoms with Gasteiger partial charge in [0.25, 0.3) is 5.56 Å². The van der Waals surface area contributed by atoms with E-state index in [1.807, 2.05) is 47.4 Å². The minimum Gasteiger partial charge on any atom is -0.379 e. The molecule has 7 heteroatoms. The van der Waals surface area contributed by atoms with Crippen molar-refractivity contribution < 1.29 is 4.74 Å². The molecule has 29 heavy (non-hydrogen) atoms. The van der Waals surface area contributed by atoms with Gasteiger partial charge in [0, 0.05) is 50.6 Å². The van der Waals surface area contributed by atoms with Gasteiger partial charge in [0.1, 0.15) is 5.65 Å². The van der Waals surface area contributed by atoms with Crippen LogP contribution < -0.4 is 5.56 Å². The van der Waals surface area contributed by atoms with Crippen molar-refractivity contribution in [1.82, 2.24) is 23.8 Å². The van der Waals surface area contributed by atoms with Gasteiger partial charge in [-0.15, -0.1) is 0 Å². The number of aryl methyl sites for hydroxylation is 1. The number of ether oxygens (including phenoxy) is 1. The first-order valence-electron chi connectivity index (χ1n) is 9.88. The third-order valence-electron chi connectivity index (χ3n) is 5.46. The Bertz CT molecular complexity index is 1240. The molecule has 7 nitrogen and oxygen atoms in total. The van der Waals surface area contributed by atoms with Crippen LogP contribution in [-0.4, -0.2) is 50.1 Å². The SMILES string of the molecule is Cc1ccc2nc(Cn3ccc4c(CN5CCOCC5)cncc4c3=O)cn2c1. The summed E-state index contributed by atoms with van der Waals surface area (Å²) in [7, 11) is 0. The monoisotopic (exact) mass is 389 g/mol. The first kappa shape index (κ1) is 18.0. The quantitative estimate of drug-likeness (QED) is 0.536. The molecule has 0 saturated carbocycles. The number of pyridine rings is 3. The molecule has 4 aromatic rings. The zero-order valence-corrected chi connectivity index (χ0v) is 16.4. The highest BCUT2D eigenvalue weighted by Crippen LogP contribution is 2.17. The minimum absolute atomic E-state index is 0.0351. The van der Waals surface area contributed by atoms with Crippen molar-refractivity contribution in [2.75, 3.05) is 26.3 Å². The lowest BCUT2D eigenvalue weighted by Gasteiger charge is -2.26. The molecule has 1 aliphatic heterocycles. The maximum atomic E-state index is 13.1. The van der Waals surface area contributed by atoms with Crippen LogP contribution in [-0.2, 0) is 17.8 Å². The number of morpholine rings is 1. The summed E-state index contributed by atoms with van der Waals surface area (Å²) in [6.45, 7) is 6.58. The van der Waals surface area contributed by atoms with Crippen LogP contribution >= 0.6 is 0 Å². The van der Waals surface area contributed by atoms with E-state index in [9.17, 15) is 4.79 Å². The number of nitrogens with zero attached hydrogens (tertiary/aromatic N) is 5. The molecule has 5 heterocycles. The van der Waals surface area contributed by atoms with E-state index in [2.05, 4.69) is 21.8 Å². The maximum absolute atomic E-state index is 13.1. The predicted molar refractivity (Wildman–Crippen MR) is 111 cm³/mol. The van der Waals surface area contributed by atoms with Crippen molar-refractivity contribution >= 4 is 16.4 Å². The fraction of sp³-hybridized carbons (Fsp3) is 0.318. The molecule has 5 rings (SSSR count). The number of rotatable bonds is 4. The van der Waals surface area contributed by atoms with Gasteiger partial charge in [0.05, 0.1) is 30.8 Å². The van der Waals surface area contributed by atoms with E-state index in [0.29, 0.717) is 11.9 Å². The van der Waals surface area contributed by atoms with E-state index < -0.39 is 0 Å². The average molecular weight is 389 g/mol. The third kappa shape index (κ3) is 3.54. The molecule has 0 spiro atoms. The van der Waals surface area contributed by atoms with Gasteiger partial charge < -0.3 is 13.7 Å². The fourth-order valence-corrected chi connectivity index (χ4v) is 3.92. The standard InChI is InChI=1S/C22H23N5O2/c1-16-2-3-21-24-18(15-27(21)12-16)14-26-5-4-19-17(10-23-11-20(19)22(26)28)13-25-6-8-29-9-7-25/h2-5,10-12,15H,6-9,13-14H2,1H3. The molecule has 0 N–H and O–H groups in total. The topological polar surface area (TPSA) is 64.7 Å². The van der Waals surface area contributed by atoms with Crippen LogP contribution in [0.25, 0.3) is 16.4 Å². The summed E-state index contributed by atoms with van der Waals surface area (Å²) in [5.74, 6) is 0. The molecular weight excluding hydrogens is 366 g/mol. The molecule has 0 atom stereocenters. The second-order valence-corrected chi connectivity index (χ2v) is 7.60. The van der Waals surface area contributed by atoms with Crippen molar-refractivity contribution in [3.63, 3.8) is 0 Å². The van der Waals surface area contributed by atoms with Gasteiger partial charge in [-0.1, -0.05) is 6.07 Å². The van der Waals surface area contributed by atoms with Crippen LogP contribution in [0.15, 0.2) is 54.0 Å². The predicted octanol–water partition coefficient (Wildman–Crippen LogP) is 2.23. The van der Waals surface area contributed by atoms with Crippen LogP contribution in [0.5, 0.6) is 0 Å². The van der Waals surface area contributed by atoms with E-state index in [1.54, 1.807) is 10.8 Å². The molecular formula is C22H23N5O2. The Morgan fingerprint density at radius 2 is 1.90 bits per heavy atom. The summed E-state index contributed by atoms with van der Waals surface area (Å²) in [6.07, 6.45) is 9.42. The first-order chi connectivity index (χ1) is 14.2. The van der Waals surface area contributed by atoms with Gasteiger partial charge in [-0.2, -0.15) is 0 Å². The Hall–Kier alpha value is -3.03. The highest BCUT2D eigenvalue weighted by molar-refractivity contribution is 5.83. The largest absolute Gasteiger partial charge is 0.379 e. The Morgan fingerprint density at radius 1 is 1.03 bits per heavy atom. The van der Waals surface area contributed by atoms with E-state index in [-0.39, 0.29) is 5.56 Å². The second kappa shape index (κ2) is 7.42. The van der Waals surface area contributed by atoms with Gasteiger partial charge in [0.2, 0.25) is 0 Å². The molecule has 0 radical (unpaired) electrons. The summed E-state index contributed by atoms with van der Waals surface area (Å²) in [5.41, 5.74) is 3.95. The van der Waals surface area contributed by atoms with Gasteiger partial charge >= 0.3 is 0 Å². The van der Waals surface area contributed by atoms with Crippen molar-refractivity contribution in [3.8, 4) is 0 Å². The lowest BCUT2D eigenvalue weighted by atomic mass is 10.1. The Labute approximate surface area is 168 Å². The second-order valence-electron chi connectivity index (χ2n) is 7.60. The van der Waals surface area contributed by atoms with Crippen molar-refractivity contribution in [1.29, 1.82) is 0 Å². The number of hydrogen-bond donors (Lipinski definition) is 0. The molecule has 0 aliphatic carbocycles. The summed E-state index contributed by atoms with van der Waals surface area (Å²) in [6, 6.07) is 6.05. The van der Waals surface area contributed by atoms with Gasteiger partial charge in [-0.25, -0.2) is 4.98 Å². The molecule has 1 aliphatic rings. The zero-order valence-electron chi connectivity index (χ0n) is 16.4. The van der Waals surface area contributed by atoms with Gasteiger partial charge in [-0.05, 0) is 35.6 Å². The van der Waals surface area contributed by atoms with Gasteiger partial charge in [-0.3, -0.25) is 14.7 Å². The van der Waals surface area contributed by atoms with Crippen LogP contribution in [0.1, 0.15) is 16.8 Å². The third-order valence-corrected chi connectivity index (χ3v) is 5.46. The Morgan fingerprint density at radius 3 is 2.76 bits per heavy atom. The normalized spacial score (nSPS) is 15.3. The molecule has 1 fully saturated rings. The maximum Gasteiger partial charge on any atom is 0.260 e. The van der Waals surface area contributed by atoms with Crippen molar-refractivity contribution in [2.45, 2.75) is 20.0 Å². The summed E-state index contributed by atoms with van der Waals surface area (Å²) in [4.78, 5) is 24.4. The van der Waals surface area contributed by atoms with Crippen LogP contribution in [0.4, 0.5) is 0 Å². The molecule has 0 bridgehead atoms. The molecule has 0 unspecified atom stereocenters. The minimum atomic E-state index is -0.0351. The molecule has 0 amide bonds. The van der Waals surface area contributed by atoms with E-state index in [1.165, 1.54) is 5.56 Å². The van der Waals surface area contributed by atoms with Crippen LogP contribution in [0.2, 0.25) is 0 Å². The summed E-state index contributed by atoms with van der Waals surface area (Å²) in [5, 5.41) is 1.62. The summed E-state index contributed by atoms with van der Waals surface area (Å²) >= 11 is 0. The smallest absolute Gasteiger partial charge is 0.260 e.